The molecule has 18 heavy (non-hydrogen) atoms. The van der Waals surface area contributed by atoms with Gasteiger partial charge in [0.15, 0.2) is 0 Å². The minimum atomic E-state index is -1.14. The van der Waals surface area contributed by atoms with E-state index in [2.05, 4.69) is 20.8 Å². The van der Waals surface area contributed by atoms with Crippen LogP contribution in [0.3, 0.4) is 0 Å². The molecule has 1 N–H and O–H groups in total. The molecule has 0 saturated heterocycles. The lowest BCUT2D eigenvalue weighted by atomic mass is 10.0. The fourth-order valence-electron chi connectivity index (χ4n) is 1.56. The third kappa shape index (κ3) is 9.87. The molecule has 104 valence electrons. The van der Waals surface area contributed by atoms with Gasteiger partial charge in [-0.25, -0.2) is 9.59 Å². The van der Waals surface area contributed by atoms with Crippen molar-refractivity contribution in [3.63, 3.8) is 0 Å². The summed E-state index contributed by atoms with van der Waals surface area (Å²) < 4.78 is 5.26. The van der Waals surface area contributed by atoms with Crippen LogP contribution in [0.15, 0.2) is 12.2 Å². The van der Waals surface area contributed by atoms with Gasteiger partial charge in [0, 0.05) is 12.2 Å². The first-order chi connectivity index (χ1) is 8.45. The number of rotatable bonds is 9. The van der Waals surface area contributed by atoms with Crippen LogP contribution in [0.5, 0.6) is 0 Å². The highest BCUT2D eigenvalue weighted by Crippen LogP contribution is 2.15. The summed E-state index contributed by atoms with van der Waals surface area (Å²) in [4.78, 5) is 21.7. The average Bonchev–Trinajstić information content (AvgIpc) is 2.29. The molecule has 0 fully saturated rings. The molecule has 0 aromatic rings. The Bertz CT molecular complexity index is 282. The first-order valence-electron chi connectivity index (χ1n) is 6.57. The molecular weight excluding hydrogens is 232 g/mol. The molecule has 0 aliphatic rings. The quantitative estimate of drug-likeness (QED) is 0.508. The highest BCUT2D eigenvalue weighted by molar-refractivity contribution is 5.90. The van der Waals surface area contributed by atoms with Crippen LogP contribution in [0.2, 0.25) is 0 Å². The molecule has 0 rings (SSSR count). The smallest absolute Gasteiger partial charge is 0.331 e. The molecule has 0 saturated carbocycles. The molecule has 0 amide bonds. The van der Waals surface area contributed by atoms with Gasteiger partial charge in [0.25, 0.3) is 0 Å². The van der Waals surface area contributed by atoms with Crippen LogP contribution >= 0.6 is 0 Å². The molecule has 0 heterocycles. The Kier molecular flexibility index (Phi) is 8.97. The predicted molar refractivity (Wildman–Crippen MR) is 70.3 cm³/mol. The number of carboxylic acids is 1. The number of hydrogen-bond acceptors (Lipinski definition) is 3. The van der Waals surface area contributed by atoms with E-state index in [9.17, 15) is 9.59 Å². The van der Waals surface area contributed by atoms with Crippen molar-refractivity contribution >= 4 is 11.9 Å². The van der Waals surface area contributed by atoms with Gasteiger partial charge >= 0.3 is 11.9 Å². The number of carbonyl (C=O) groups is 2. The Hall–Kier alpha value is -1.32. The Balaban J connectivity index is 4.20. The second-order valence-electron chi connectivity index (χ2n) is 4.84. The SMILES string of the molecule is CCCCC(CCC(C)C)OC(=O)/C=C\C(=O)O. The van der Waals surface area contributed by atoms with Crippen molar-refractivity contribution < 1.29 is 19.4 Å². The predicted octanol–water partition coefficient (Wildman–Crippen LogP) is 3.17. The maximum Gasteiger partial charge on any atom is 0.331 e. The number of carbonyl (C=O) groups excluding carboxylic acids is 1. The summed E-state index contributed by atoms with van der Waals surface area (Å²) in [7, 11) is 0. The van der Waals surface area contributed by atoms with Crippen molar-refractivity contribution in [2.75, 3.05) is 0 Å². The maximum absolute atomic E-state index is 11.4. The lowest BCUT2D eigenvalue weighted by Gasteiger charge is -2.17. The number of unbranched alkanes of at least 4 members (excludes halogenated alkanes) is 1. The van der Waals surface area contributed by atoms with Crippen LogP contribution in [0.1, 0.15) is 52.9 Å². The summed E-state index contributed by atoms with van der Waals surface area (Å²) in [5.74, 6) is -1.14. The summed E-state index contributed by atoms with van der Waals surface area (Å²) in [6, 6.07) is 0. The zero-order valence-corrected chi connectivity index (χ0v) is 11.5. The minimum absolute atomic E-state index is 0.0988. The van der Waals surface area contributed by atoms with Gasteiger partial charge in [-0.05, 0) is 25.2 Å². The monoisotopic (exact) mass is 256 g/mol. The molecular formula is C14H24O4. The van der Waals surface area contributed by atoms with Crippen molar-refractivity contribution in [1.29, 1.82) is 0 Å². The fraction of sp³-hybridized carbons (Fsp3) is 0.714. The van der Waals surface area contributed by atoms with E-state index in [4.69, 9.17) is 9.84 Å². The summed E-state index contributed by atoms with van der Waals surface area (Å²) in [5.41, 5.74) is 0. The van der Waals surface area contributed by atoms with E-state index in [1.165, 1.54) is 0 Å². The minimum Gasteiger partial charge on any atom is -0.478 e. The summed E-state index contributed by atoms with van der Waals surface area (Å²) in [6.45, 7) is 6.34. The first-order valence-corrected chi connectivity index (χ1v) is 6.57. The van der Waals surface area contributed by atoms with E-state index in [1.807, 2.05) is 0 Å². The molecule has 1 unspecified atom stereocenters. The van der Waals surface area contributed by atoms with E-state index in [0.29, 0.717) is 5.92 Å². The summed E-state index contributed by atoms with van der Waals surface area (Å²) in [5, 5.41) is 8.42. The van der Waals surface area contributed by atoms with Gasteiger partial charge in [0.2, 0.25) is 0 Å². The zero-order chi connectivity index (χ0) is 14.0. The second-order valence-corrected chi connectivity index (χ2v) is 4.84. The lowest BCUT2D eigenvalue weighted by Crippen LogP contribution is -2.18. The molecule has 0 bridgehead atoms. The first kappa shape index (κ1) is 16.7. The molecule has 4 heteroatoms. The van der Waals surface area contributed by atoms with E-state index in [0.717, 1.165) is 44.3 Å². The van der Waals surface area contributed by atoms with Crippen molar-refractivity contribution in [2.24, 2.45) is 5.92 Å². The standard InChI is InChI=1S/C14H24O4/c1-4-5-6-12(8-7-11(2)3)18-14(17)10-9-13(15)16/h9-12H,4-8H2,1-3H3,(H,15,16)/b10-9-. The molecule has 0 aromatic carbocycles. The Morgan fingerprint density at radius 3 is 2.33 bits per heavy atom. The van der Waals surface area contributed by atoms with Gasteiger partial charge < -0.3 is 9.84 Å². The van der Waals surface area contributed by atoms with E-state index >= 15 is 0 Å². The Labute approximate surface area is 109 Å². The van der Waals surface area contributed by atoms with Gasteiger partial charge in [-0.1, -0.05) is 33.6 Å². The van der Waals surface area contributed by atoms with E-state index in [1.54, 1.807) is 0 Å². The number of esters is 1. The molecule has 0 aliphatic carbocycles. The van der Waals surface area contributed by atoms with Crippen molar-refractivity contribution in [3.05, 3.63) is 12.2 Å². The summed E-state index contributed by atoms with van der Waals surface area (Å²) in [6.07, 6.45) is 6.43. The zero-order valence-electron chi connectivity index (χ0n) is 11.5. The van der Waals surface area contributed by atoms with Gasteiger partial charge in [-0.3, -0.25) is 0 Å². The molecule has 0 spiro atoms. The average molecular weight is 256 g/mol. The molecule has 0 radical (unpaired) electrons. The van der Waals surface area contributed by atoms with Crippen molar-refractivity contribution in [2.45, 2.75) is 59.0 Å². The third-order valence-corrected chi connectivity index (χ3v) is 2.59. The number of hydrogen-bond donors (Lipinski definition) is 1. The molecule has 1 atom stereocenters. The van der Waals surface area contributed by atoms with Gasteiger partial charge in [-0.2, -0.15) is 0 Å². The van der Waals surface area contributed by atoms with Crippen LogP contribution in [-0.2, 0) is 14.3 Å². The van der Waals surface area contributed by atoms with E-state index < -0.39 is 11.9 Å². The van der Waals surface area contributed by atoms with E-state index in [-0.39, 0.29) is 6.10 Å². The summed E-state index contributed by atoms with van der Waals surface area (Å²) >= 11 is 0. The van der Waals surface area contributed by atoms with Gasteiger partial charge in [0.1, 0.15) is 6.10 Å². The number of carboxylic acid groups (broad SMARTS) is 1. The van der Waals surface area contributed by atoms with Crippen LogP contribution in [-0.4, -0.2) is 23.1 Å². The third-order valence-electron chi connectivity index (χ3n) is 2.59. The number of aliphatic carboxylic acids is 1. The van der Waals surface area contributed by atoms with Crippen molar-refractivity contribution in [1.82, 2.24) is 0 Å². The highest BCUT2D eigenvalue weighted by Gasteiger charge is 2.13. The fourth-order valence-corrected chi connectivity index (χ4v) is 1.56. The van der Waals surface area contributed by atoms with Crippen LogP contribution in [0.4, 0.5) is 0 Å². The largest absolute Gasteiger partial charge is 0.478 e. The Morgan fingerprint density at radius 1 is 1.17 bits per heavy atom. The molecule has 4 nitrogen and oxygen atoms in total. The Morgan fingerprint density at radius 2 is 1.83 bits per heavy atom. The van der Waals surface area contributed by atoms with Gasteiger partial charge in [0.05, 0.1) is 0 Å². The number of ether oxygens (including phenoxy) is 1. The van der Waals surface area contributed by atoms with Crippen LogP contribution < -0.4 is 0 Å². The maximum atomic E-state index is 11.4. The normalized spacial score (nSPS) is 12.9. The topological polar surface area (TPSA) is 63.6 Å². The highest BCUT2D eigenvalue weighted by atomic mass is 16.5. The van der Waals surface area contributed by atoms with Crippen LogP contribution in [0.25, 0.3) is 0 Å². The van der Waals surface area contributed by atoms with Gasteiger partial charge in [-0.15, -0.1) is 0 Å². The lowest BCUT2D eigenvalue weighted by molar-refractivity contribution is -0.144. The van der Waals surface area contributed by atoms with Crippen molar-refractivity contribution in [3.8, 4) is 0 Å². The second kappa shape index (κ2) is 9.68. The van der Waals surface area contributed by atoms with Crippen LogP contribution in [0, 0.1) is 5.92 Å². The molecule has 0 aromatic heterocycles. The molecule has 0 aliphatic heterocycles.